The first-order valence-corrected chi connectivity index (χ1v) is 23.2. The Hall–Kier alpha value is -8.31. The second kappa shape index (κ2) is 16.0. The van der Waals surface area contributed by atoms with E-state index in [0.29, 0.717) is 11.5 Å². The van der Waals surface area contributed by atoms with E-state index in [1.807, 2.05) is 42.6 Å². The Morgan fingerprint density at radius 3 is 1.79 bits per heavy atom. The molecule has 0 saturated carbocycles. The molecule has 4 heterocycles. The van der Waals surface area contributed by atoms with Crippen LogP contribution in [0.2, 0.25) is 0 Å². The summed E-state index contributed by atoms with van der Waals surface area (Å²) >= 11 is 2.47. The third kappa shape index (κ3) is 6.60. The molecule has 0 amide bonds. The van der Waals surface area contributed by atoms with Crippen LogP contribution < -0.4 is 4.74 Å². The molecule has 0 fully saturated rings. The molecule has 320 valence electrons. The van der Waals surface area contributed by atoms with Crippen LogP contribution in [0.25, 0.3) is 105 Å². The molecule has 0 N–H and O–H groups in total. The van der Waals surface area contributed by atoms with Gasteiger partial charge in [0.1, 0.15) is 11.2 Å². The van der Waals surface area contributed by atoms with Gasteiger partial charge in [-0.1, -0.05) is 36.4 Å². The zero-order valence-electron chi connectivity index (χ0n) is 35.7. The normalized spacial score (nSPS) is 11.7. The molecule has 4 aromatic heterocycles. The van der Waals surface area contributed by atoms with Gasteiger partial charge >= 0.3 is 294 Å². The van der Waals surface area contributed by atoms with Crippen molar-refractivity contribution in [2.24, 2.45) is 0 Å². The van der Waals surface area contributed by atoms with Gasteiger partial charge in [0.2, 0.25) is 0 Å². The Balaban J connectivity index is 0.886. The molecule has 0 unspecified atom stereocenters. The molecule has 6 nitrogen and oxygen atoms in total. The predicted molar refractivity (Wildman–Crippen MR) is 266 cm³/mol. The molecule has 0 bridgehead atoms. The van der Waals surface area contributed by atoms with E-state index >= 15 is 0 Å². The number of para-hydroxylation sites is 5. The molecule has 0 aliphatic carbocycles. The SMILES string of the molecule is [Pt]=[c]1n(-c2[c-]c(Oc3[c-]c4c(cc3)c3ccccc3n4-c3ccc(-c4ccc5c(c4)oc4ccccc45)cn3)ccc2)c2ccccc2n1-c1c(-c2ccccc2)cccc1-c1ccccc1. The molecule has 0 radical (unpaired) electrons. The van der Waals surface area contributed by atoms with Gasteiger partial charge in [-0.2, -0.15) is 0 Å². The van der Waals surface area contributed by atoms with Crippen LogP contribution in [0, 0.1) is 15.9 Å². The van der Waals surface area contributed by atoms with Crippen molar-refractivity contribution >= 4 is 54.8 Å². The number of imidazole rings is 1. The first-order chi connectivity index (χ1) is 33.1. The van der Waals surface area contributed by atoms with Crippen molar-refractivity contribution in [1.29, 1.82) is 0 Å². The van der Waals surface area contributed by atoms with Crippen molar-refractivity contribution in [1.82, 2.24) is 18.7 Å². The van der Waals surface area contributed by atoms with Crippen molar-refractivity contribution in [2.45, 2.75) is 0 Å². The quantitative estimate of drug-likeness (QED) is 0.143. The van der Waals surface area contributed by atoms with E-state index < -0.39 is 0 Å². The Bertz CT molecular complexity index is 4030. The van der Waals surface area contributed by atoms with Crippen molar-refractivity contribution in [3.8, 4) is 62.1 Å². The molecule has 0 aliphatic rings. The molecule has 0 atom stereocenters. The third-order valence-electron chi connectivity index (χ3n) is 12.6. The fourth-order valence-corrected chi connectivity index (χ4v) is 10.6. The van der Waals surface area contributed by atoms with Gasteiger partial charge in [-0.25, -0.2) is 0 Å². The summed E-state index contributed by atoms with van der Waals surface area (Å²) in [4.78, 5) is 5.04. The topological polar surface area (TPSA) is 50.1 Å². The number of ether oxygens (including phenoxy) is 1. The van der Waals surface area contributed by atoms with Crippen molar-refractivity contribution in [3.63, 3.8) is 0 Å². The van der Waals surface area contributed by atoms with Crippen LogP contribution in [0.1, 0.15) is 0 Å². The molecule has 0 saturated heterocycles. The number of aromatic nitrogens is 4. The Kier molecular flexibility index (Phi) is 9.33. The first kappa shape index (κ1) is 39.1. The number of nitrogens with zero attached hydrogens (tertiary/aromatic N) is 4. The van der Waals surface area contributed by atoms with Gasteiger partial charge in [0, 0.05) is 22.5 Å². The monoisotopic (exact) mass is 1040 g/mol. The number of benzene rings is 9. The summed E-state index contributed by atoms with van der Waals surface area (Å²) in [5.74, 6) is 1.94. The van der Waals surface area contributed by atoms with Crippen LogP contribution >= 0.6 is 0 Å². The van der Waals surface area contributed by atoms with E-state index in [1.165, 1.54) is 0 Å². The van der Waals surface area contributed by atoms with Gasteiger partial charge in [0.05, 0.1) is 0 Å². The predicted octanol–water partition coefficient (Wildman–Crippen LogP) is 15.3. The summed E-state index contributed by atoms with van der Waals surface area (Å²) in [5, 5.41) is 4.39. The van der Waals surface area contributed by atoms with Gasteiger partial charge in [-0.05, 0) is 29.8 Å². The van der Waals surface area contributed by atoms with E-state index in [1.54, 1.807) is 0 Å². The molecular formula is C60H36N4O2Pt-2. The van der Waals surface area contributed by atoms with E-state index in [-0.39, 0.29) is 0 Å². The molecule has 13 rings (SSSR count). The third-order valence-corrected chi connectivity index (χ3v) is 13.6. The van der Waals surface area contributed by atoms with Gasteiger partial charge in [0.15, 0.2) is 0 Å². The maximum absolute atomic E-state index is 6.69. The minimum absolute atomic E-state index is 0.576. The summed E-state index contributed by atoms with van der Waals surface area (Å²) in [6, 6.07) is 80.9. The number of rotatable bonds is 8. The molecule has 0 spiro atoms. The van der Waals surface area contributed by atoms with Crippen LogP contribution in [0.4, 0.5) is 0 Å². The average Bonchev–Trinajstić information content (AvgIpc) is 4.03. The summed E-state index contributed by atoms with van der Waals surface area (Å²) in [6.45, 7) is 0. The molecule has 9 aromatic carbocycles. The average molecular weight is 1040 g/mol. The molecule has 0 aliphatic heterocycles. The number of hydrogen-bond acceptors (Lipinski definition) is 3. The van der Waals surface area contributed by atoms with E-state index in [4.69, 9.17) is 14.1 Å². The zero-order valence-corrected chi connectivity index (χ0v) is 38.0. The molecule has 67 heavy (non-hydrogen) atoms. The fourth-order valence-electron chi connectivity index (χ4n) is 9.55. The first-order valence-electron chi connectivity index (χ1n) is 22.1. The van der Waals surface area contributed by atoms with Crippen molar-refractivity contribution in [3.05, 3.63) is 234 Å². The second-order valence-electron chi connectivity index (χ2n) is 16.5. The Morgan fingerprint density at radius 1 is 0.433 bits per heavy atom. The summed E-state index contributed by atoms with van der Waals surface area (Å²) in [5.41, 5.74) is 14.4. The fraction of sp³-hybridized carbons (Fsp3) is 0. The number of fused-ring (bicyclic) bond motifs is 7. The van der Waals surface area contributed by atoms with Crippen LogP contribution in [0.15, 0.2) is 223 Å². The zero-order chi connectivity index (χ0) is 44.4. The van der Waals surface area contributed by atoms with E-state index in [0.717, 1.165) is 109 Å². The van der Waals surface area contributed by atoms with Crippen LogP contribution in [-0.4, -0.2) is 18.7 Å². The molecule has 7 heteroatoms. The van der Waals surface area contributed by atoms with Crippen LogP contribution in [0.5, 0.6) is 11.5 Å². The Labute approximate surface area is 396 Å². The standard InChI is InChI=1S/C60H36N4O2.Pt/c1-3-15-40(16-4-1)47-23-14-24-48(41-17-5-2-6-18-41)60(47)63-39-62(54-26-10-11-27-55(54)63)44-19-13-20-45(36-44)65-46-31-33-50-49-21-7-9-25-53(49)64(56(50)37-46)59-34-30-43(38-61-59)42-29-32-52-51-22-8-12-28-57(51)66-58(52)35-42;/h1-35,38H;/q-2;. The van der Waals surface area contributed by atoms with Gasteiger partial charge < -0.3 is 4.42 Å². The van der Waals surface area contributed by atoms with Gasteiger partial charge in [0.25, 0.3) is 0 Å². The maximum atomic E-state index is 6.69. The molecule has 13 aromatic rings. The summed E-state index contributed by atoms with van der Waals surface area (Å²) < 4.78 is 20.7. The van der Waals surface area contributed by atoms with Crippen molar-refractivity contribution < 1.29 is 28.5 Å². The minimum atomic E-state index is 0.576. The second-order valence-corrected chi connectivity index (χ2v) is 17.5. The number of hydrogen-bond donors (Lipinski definition) is 0. The van der Waals surface area contributed by atoms with Crippen LogP contribution in [-0.2, 0) is 19.4 Å². The number of furan rings is 1. The van der Waals surface area contributed by atoms with Crippen molar-refractivity contribution in [2.75, 3.05) is 0 Å². The van der Waals surface area contributed by atoms with Gasteiger partial charge in [-0.15, -0.1) is 0 Å². The van der Waals surface area contributed by atoms with E-state index in [2.05, 4.69) is 221 Å². The van der Waals surface area contributed by atoms with Crippen LogP contribution in [0.3, 0.4) is 0 Å². The summed E-state index contributed by atoms with van der Waals surface area (Å²) in [7, 11) is 0. The Morgan fingerprint density at radius 2 is 1.04 bits per heavy atom. The number of pyridine rings is 1. The van der Waals surface area contributed by atoms with E-state index in [9.17, 15) is 0 Å². The van der Waals surface area contributed by atoms with Gasteiger partial charge in [-0.3, -0.25) is 0 Å². The summed E-state index contributed by atoms with van der Waals surface area (Å²) in [6.07, 6.45) is 1.93. The molecular weight excluding hydrogens is 1000 g/mol.